The van der Waals surface area contributed by atoms with Crippen molar-refractivity contribution in [2.45, 2.75) is 45.6 Å². The highest BCUT2D eigenvalue weighted by Crippen LogP contribution is 2.17. The van der Waals surface area contributed by atoms with E-state index in [1.54, 1.807) is 18.4 Å². The SMILES string of the molecule is CCCC(CCC)C(=O)NC(CO)c1ccco1. The fraction of sp³-hybridized carbons (Fsp3) is 0.643. The summed E-state index contributed by atoms with van der Waals surface area (Å²) in [4.78, 5) is 12.1. The van der Waals surface area contributed by atoms with Crippen molar-refractivity contribution in [2.75, 3.05) is 6.61 Å². The number of aliphatic hydroxyl groups excluding tert-OH is 1. The van der Waals surface area contributed by atoms with Gasteiger partial charge in [-0.05, 0) is 25.0 Å². The predicted molar refractivity (Wildman–Crippen MR) is 70.0 cm³/mol. The molecule has 1 heterocycles. The number of nitrogens with one attached hydrogen (secondary N) is 1. The van der Waals surface area contributed by atoms with Gasteiger partial charge in [-0.15, -0.1) is 0 Å². The van der Waals surface area contributed by atoms with Crippen LogP contribution in [-0.4, -0.2) is 17.6 Å². The van der Waals surface area contributed by atoms with Crippen LogP contribution < -0.4 is 5.32 Å². The number of aliphatic hydroxyl groups is 1. The van der Waals surface area contributed by atoms with Crippen molar-refractivity contribution in [1.29, 1.82) is 0 Å². The van der Waals surface area contributed by atoms with E-state index in [1.165, 1.54) is 0 Å². The van der Waals surface area contributed by atoms with E-state index in [9.17, 15) is 9.90 Å². The molecule has 4 heteroatoms. The molecule has 102 valence electrons. The summed E-state index contributed by atoms with van der Waals surface area (Å²) in [5, 5.41) is 12.2. The fourth-order valence-electron chi connectivity index (χ4n) is 2.09. The molecule has 0 bridgehead atoms. The first-order chi connectivity index (χ1) is 8.72. The molecule has 2 N–H and O–H groups in total. The lowest BCUT2D eigenvalue weighted by Gasteiger charge is -2.19. The maximum Gasteiger partial charge on any atom is 0.223 e. The minimum atomic E-state index is -0.441. The molecule has 1 amide bonds. The minimum absolute atomic E-state index is 0.00847. The summed E-state index contributed by atoms with van der Waals surface area (Å²) in [5.41, 5.74) is 0. The Kier molecular flexibility index (Phi) is 6.50. The molecule has 1 atom stereocenters. The molecule has 0 aliphatic rings. The van der Waals surface area contributed by atoms with Gasteiger partial charge in [0.15, 0.2) is 0 Å². The largest absolute Gasteiger partial charge is 0.467 e. The van der Waals surface area contributed by atoms with Crippen LogP contribution in [0.3, 0.4) is 0 Å². The molecule has 18 heavy (non-hydrogen) atoms. The molecular weight excluding hydrogens is 230 g/mol. The van der Waals surface area contributed by atoms with Gasteiger partial charge in [-0.3, -0.25) is 4.79 Å². The lowest BCUT2D eigenvalue weighted by atomic mass is 9.97. The number of amides is 1. The van der Waals surface area contributed by atoms with Crippen LogP contribution >= 0.6 is 0 Å². The normalized spacial score (nSPS) is 12.7. The van der Waals surface area contributed by atoms with Crippen LogP contribution in [0.25, 0.3) is 0 Å². The topological polar surface area (TPSA) is 62.5 Å². The predicted octanol–water partition coefficient (Wildman–Crippen LogP) is 2.65. The van der Waals surface area contributed by atoms with Gasteiger partial charge in [0.1, 0.15) is 11.8 Å². The maximum atomic E-state index is 12.1. The Morgan fingerprint density at radius 2 is 2.06 bits per heavy atom. The number of hydrogen-bond donors (Lipinski definition) is 2. The lowest BCUT2D eigenvalue weighted by molar-refractivity contribution is -0.126. The van der Waals surface area contributed by atoms with Crippen LogP contribution in [0.15, 0.2) is 22.8 Å². The van der Waals surface area contributed by atoms with Crippen LogP contribution in [0.2, 0.25) is 0 Å². The van der Waals surface area contributed by atoms with E-state index >= 15 is 0 Å². The summed E-state index contributed by atoms with van der Waals surface area (Å²) < 4.78 is 5.21. The second-order valence-electron chi connectivity index (χ2n) is 4.53. The van der Waals surface area contributed by atoms with Crippen LogP contribution in [0.1, 0.15) is 51.3 Å². The Bertz CT molecular complexity index is 329. The molecule has 0 fully saturated rings. The first kappa shape index (κ1) is 14.8. The molecule has 1 rings (SSSR count). The van der Waals surface area contributed by atoms with Crippen molar-refractivity contribution in [3.05, 3.63) is 24.2 Å². The maximum absolute atomic E-state index is 12.1. The molecule has 4 nitrogen and oxygen atoms in total. The molecule has 0 aliphatic heterocycles. The Labute approximate surface area is 108 Å². The van der Waals surface area contributed by atoms with Gasteiger partial charge in [-0.2, -0.15) is 0 Å². The van der Waals surface area contributed by atoms with Gasteiger partial charge in [0.2, 0.25) is 5.91 Å². The zero-order valence-corrected chi connectivity index (χ0v) is 11.2. The number of carbonyl (C=O) groups is 1. The summed E-state index contributed by atoms with van der Waals surface area (Å²) in [6, 6.07) is 3.07. The zero-order chi connectivity index (χ0) is 13.4. The van der Waals surface area contributed by atoms with Gasteiger partial charge in [0.05, 0.1) is 12.9 Å². The first-order valence-electron chi connectivity index (χ1n) is 6.67. The Hall–Kier alpha value is -1.29. The van der Waals surface area contributed by atoms with Crippen LogP contribution in [0.4, 0.5) is 0 Å². The van der Waals surface area contributed by atoms with Crippen molar-refractivity contribution in [2.24, 2.45) is 5.92 Å². The quantitative estimate of drug-likeness (QED) is 0.748. The monoisotopic (exact) mass is 253 g/mol. The summed E-state index contributed by atoms with van der Waals surface area (Å²) in [5.74, 6) is 0.635. The molecule has 0 aliphatic carbocycles. The minimum Gasteiger partial charge on any atom is -0.467 e. The average molecular weight is 253 g/mol. The Balaban J connectivity index is 2.60. The molecule has 1 unspecified atom stereocenters. The van der Waals surface area contributed by atoms with E-state index in [2.05, 4.69) is 19.2 Å². The third-order valence-corrected chi connectivity index (χ3v) is 3.03. The number of carbonyl (C=O) groups excluding carboxylic acids is 1. The van der Waals surface area contributed by atoms with Gasteiger partial charge in [-0.25, -0.2) is 0 Å². The van der Waals surface area contributed by atoms with E-state index in [0.717, 1.165) is 25.7 Å². The second kappa shape index (κ2) is 7.93. The van der Waals surface area contributed by atoms with Crippen LogP contribution in [-0.2, 0) is 4.79 Å². The molecule has 0 aromatic carbocycles. The summed E-state index contributed by atoms with van der Waals surface area (Å²) in [6.45, 7) is 4.00. The molecular formula is C14H23NO3. The van der Waals surface area contributed by atoms with Gasteiger partial charge < -0.3 is 14.8 Å². The van der Waals surface area contributed by atoms with Crippen molar-refractivity contribution < 1.29 is 14.3 Å². The third kappa shape index (κ3) is 4.18. The van der Waals surface area contributed by atoms with Crippen molar-refractivity contribution in [3.8, 4) is 0 Å². The first-order valence-corrected chi connectivity index (χ1v) is 6.67. The van der Waals surface area contributed by atoms with Crippen LogP contribution in [0, 0.1) is 5.92 Å². The van der Waals surface area contributed by atoms with E-state index in [1.807, 2.05) is 0 Å². The average Bonchev–Trinajstić information content (AvgIpc) is 2.89. The van der Waals surface area contributed by atoms with E-state index < -0.39 is 6.04 Å². The smallest absolute Gasteiger partial charge is 0.223 e. The Morgan fingerprint density at radius 1 is 1.39 bits per heavy atom. The lowest BCUT2D eigenvalue weighted by Crippen LogP contribution is -2.35. The highest BCUT2D eigenvalue weighted by molar-refractivity contribution is 5.79. The molecule has 1 aromatic rings. The number of rotatable bonds is 8. The number of hydrogen-bond acceptors (Lipinski definition) is 3. The Morgan fingerprint density at radius 3 is 2.50 bits per heavy atom. The van der Waals surface area contributed by atoms with Crippen molar-refractivity contribution in [3.63, 3.8) is 0 Å². The van der Waals surface area contributed by atoms with E-state index in [-0.39, 0.29) is 18.4 Å². The molecule has 0 saturated heterocycles. The summed E-state index contributed by atoms with van der Waals surface area (Å²) in [6.07, 6.45) is 5.29. The van der Waals surface area contributed by atoms with Gasteiger partial charge in [0.25, 0.3) is 0 Å². The van der Waals surface area contributed by atoms with Crippen molar-refractivity contribution >= 4 is 5.91 Å². The fourth-order valence-corrected chi connectivity index (χ4v) is 2.09. The highest BCUT2D eigenvalue weighted by Gasteiger charge is 2.21. The van der Waals surface area contributed by atoms with Gasteiger partial charge in [0, 0.05) is 5.92 Å². The second-order valence-corrected chi connectivity index (χ2v) is 4.53. The van der Waals surface area contributed by atoms with Gasteiger partial charge >= 0.3 is 0 Å². The zero-order valence-electron chi connectivity index (χ0n) is 11.2. The third-order valence-electron chi connectivity index (χ3n) is 3.03. The van der Waals surface area contributed by atoms with E-state index in [0.29, 0.717) is 5.76 Å². The van der Waals surface area contributed by atoms with Crippen molar-refractivity contribution in [1.82, 2.24) is 5.32 Å². The van der Waals surface area contributed by atoms with E-state index in [4.69, 9.17) is 4.42 Å². The van der Waals surface area contributed by atoms with Gasteiger partial charge in [-0.1, -0.05) is 26.7 Å². The standard InChI is InChI=1S/C14H23NO3/c1-3-6-11(7-4-2)14(17)15-12(10-16)13-8-5-9-18-13/h5,8-9,11-12,16H,3-4,6-7,10H2,1-2H3,(H,15,17). The van der Waals surface area contributed by atoms with Crippen LogP contribution in [0.5, 0.6) is 0 Å². The molecule has 0 spiro atoms. The molecule has 0 radical (unpaired) electrons. The summed E-state index contributed by atoms with van der Waals surface area (Å²) >= 11 is 0. The number of furan rings is 1. The highest BCUT2D eigenvalue weighted by atomic mass is 16.3. The molecule has 1 aromatic heterocycles. The summed E-state index contributed by atoms with van der Waals surface area (Å²) in [7, 11) is 0. The molecule has 0 saturated carbocycles.